The third-order valence-corrected chi connectivity index (χ3v) is 3.83. The lowest BCUT2D eigenvalue weighted by atomic mass is 10.2. The van der Waals surface area contributed by atoms with E-state index in [0.29, 0.717) is 12.3 Å². The molecule has 92 valence electrons. The van der Waals surface area contributed by atoms with Crippen molar-refractivity contribution in [3.05, 3.63) is 23.9 Å². The van der Waals surface area contributed by atoms with Gasteiger partial charge in [0.1, 0.15) is 6.04 Å². The lowest BCUT2D eigenvalue weighted by molar-refractivity contribution is -0.139. The van der Waals surface area contributed by atoms with Gasteiger partial charge in [0.2, 0.25) is 5.88 Å². The molecule has 0 aliphatic carbocycles. The molecular formula is C11H14N2O3S. The van der Waals surface area contributed by atoms with E-state index >= 15 is 0 Å². The molecule has 17 heavy (non-hydrogen) atoms. The highest BCUT2D eigenvalue weighted by Gasteiger charge is 2.27. The second-order valence-corrected chi connectivity index (χ2v) is 4.94. The van der Waals surface area contributed by atoms with Crippen LogP contribution in [0.25, 0.3) is 0 Å². The van der Waals surface area contributed by atoms with Crippen molar-refractivity contribution in [3.63, 3.8) is 0 Å². The van der Waals surface area contributed by atoms with E-state index in [4.69, 9.17) is 9.84 Å². The molecule has 2 unspecified atom stereocenters. The van der Waals surface area contributed by atoms with Crippen LogP contribution in [-0.2, 0) is 4.79 Å². The highest BCUT2D eigenvalue weighted by atomic mass is 32.2. The van der Waals surface area contributed by atoms with Crippen molar-refractivity contribution in [2.24, 2.45) is 0 Å². The molecule has 2 N–H and O–H groups in total. The average molecular weight is 254 g/mol. The van der Waals surface area contributed by atoms with Gasteiger partial charge >= 0.3 is 5.97 Å². The molecule has 5 nitrogen and oxygen atoms in total. The minimum Gasteiger partial charge on any atom is -0.481 e. The largest absolute Gasteiger partial charge is 0.481 e. The summed E-state index contributed by atoms with van der Waals surface area (Å²) in [7, 11) is 1.57. The molecule has 6 heteroatoms. The Balaban J connectivity index is 2.08. The first-order valence-corrected chi connectivity index (χ1v) is 6.36. The highest BCUT2D eigenvalue weighted by molar-refractivity contribution is 7.99. The lowest BCUT2D eigenvalue weighted by Gasteiger charge is -2.28. The van der Waals surface area contributed by atoms with Crippen LogP contribution in [0.4, 0.5) is 0 Å². The molecule has 0 spiro atoms. The Morgan fingerprint density at radius 1 is 1.65 bits per heavy atom. The van der Waals surface area contributed by atoms with E-state index in [0.717, 1.165) is 11.3 Å². The topological polar surface area (TPSA) is 71.5 Å². The van der Waals surface area contributed by atoms with Crippen LogP contribution in [-0.4, -0.2) is 35.0 Å². The Labute approximate surface area is 104 Å². The van der Waals surface area contributed by atoms with Crippen LogP contribution in [0.15, 0.2) is 18.3 Å². The van der Waals surface area contributed by atoms with Gasteiger partial charge in [0.15, 0.2) is 0 Å². The van der Waals surface area contributed by atoms with Gasteiger partial charge in [0.05, 0.1) is 12.5 Å². The van der Waals surface area contributed by atoms with E-state index in [1.807, 2.05) is 6.07 Å². The van der Waals surface area contributed by atoms with Gasteiger partial charge in [-0.05, 0) is 23.8 Å². The number of carboxylic acids is 1. The number of ether oxygens (including phenoxy) is 1. The third kappa shape index (κ3) is 2.89. The molecule has 1 fully saturated rings. The van der Waals surface area contributed by atoms with Crippen LogP contribution in [0, 0.1) is 0 Å². The number of methoxy groups -OCH3 is 1. The summed E-state index contributed by atoms with van der Waals surface area (Å²) in [6.45, 7) is 0. The molecule has 2 atom stereocenters. The summed E-state index contributed by atoms with van der Waals surface area (Å²) in [5, 5.41) is 12.1. The van der Waals surface area contributed by atoms with Gasteiger partial charge in [-0.3, -0.25) is 10.1 Å². The number of rotatable bonds is 3. The van der Waals surface area contributed by atoms with Gasteiger partial charge < -0.3 is 9.84 Å². The summed E-state index contributed by atoms with van der Waals surface area (Å²) >= 11 is 1.70. The SMILES string of the molecule is COc1ccc(C2NC(C(=O)O)CCS2)cn1. The van der Waals surface area contributed by atoms with Crippen LogP contribution in [0.3, 0.4) is 0 Å². The van der Waals surface area contributed by atoms with Crippen molar-refractivity contribution in [3.8, 4) is 5.88 Å². The third-order valence-electron chi connectivity index (χ3n) is 2.61. The first-order valence-electron chi connectivity index (χ1n) is 5.31. The van der Waals surface area contributed by atoms with E-state index in [2.05, 4.69) is 10.3 Å². The van der Waals surface area contributed by atoms with E-state index in [9.17, 15) is 4.79 Å². The molecule has 1 aliphatic heterocycles. The maximum Gasteiger partial charge on any atom is 0.320 e. The molecular weight excluding hydrogens is 240 g/mol. The predicted octanol–water partition coefficient (Wildman–Crippen LogP) is 1.27. The molecule has 0 amide bonds. The number of aliphatic carboxylic acids is 1. The summed E-state index contributed by atoms with van der Waals surface area (Å²) in [6.07, 6.45) is 2.37. The fourth-order valence-corrected chi connectivity index (χ4v) is 2.87. The molecule has 1 aromatic heterocycles. The Morgan fingerprint density at radius 2 is 2.47 bits per heavy atom. The van der Waals surface area contributed by atoms with E-state index in [1.54, 1.807) is 31.1 Å². The van der Waals surface area contributed by atoms with Gasteiger partial charge in [-0.1, -0.05) is 0 Å². The van der Waals surface area contributed by atoms with Crippen molar-refractivity contribution in [1.82, 2.24) is 10.3 Å². The summed E-state index contributed by atoms with van der Waals surface area (Å²) in [4.78, 5) is 15.0. The van der Waals surface area contributed by atoms with Gasteiger partial charge in [-0.15, -0.1) is 11.8 Å². The second kappa shape index (κ2) is 5.37. The fraction of sp³-hybridized carbons (Fsp3) is 0.455. The number of aromatic nitrogens is 1. The molecule has 0 saturated carbocycles. The van der Waals surface area contributed by atoms with Gasteiger partial charge in [-0.25, -0.2) is 4.98 Å². The molecule has 1 aromatic rings. The Hall–Kier alpha value is -1.27. The monoisotopic (exact) mass is 254 g/mol. The summed E-state index contributed by atoms with van der Waals surface area (Å²) in [5.74, 6) is 0.599. The smallest absolute Gasteiger partial charge is 0.320 e. The number of thioether (sulfide) groups is 1. The van der Waals surface area contributed by atoms with Crippen LogP contribution in [0.1, 0.15) is 17.4 Å². The van der Waals surface area contributed by atoms with Gasteiger partial charge in [0.25, 0.3) is 0 Å². The molecule has 0 radical (unpaired) electrons. The molecule has 2 heterocycles. The zero-order valence-corrected chi connectivity index (χ0v) is 10.2. The van der Waals surface area contributed by atoms with Crippen LogP contribution < -0.4 is 10.1 Å². The first-order chi connectivity index (χ1) is 8.20. The molecule has 2 rings (SSSR count). The maximum atomic E-state index is 10.9. The second-order valence-electron chi connectivity index (χ2n) is 3.73. The van der Waals surface area contributed by atoms with E-state index < -0.39 is 12.0 Å². The van der Waals surface area contributed by atoms with Crippen LogP contribution in [0.2, 0.25) is 0 Å². The first kappa shape index (κ1) is 12.2. The van der Waals surface area contributed by atoms with E-state index in [1.165, 1.54) is 0 Å². The van der Waals surface area contributed by atoms with Crippen LogP contribution >= 0.6 is 11.8 Å². The number of carboxylic acid groups (broad SMARTS) is 1. The summed E-state index contributed by atoms with van der Waals surface area (Å²) < 4.78 is 4.98. The zero-order valence-electron chi connectivity index (χ0n) is 9.42. The quantitative estimate of drug-likeness (QED) is 0.846. The van der Waals surface area contributed by atoms with Gasteiger partial charge in [0, 0.05) is 12.3 Å². The zero-order chi connectivity index (χ0) is 12.3. The molecule has 0 aromatic carbocycles. The highest BCUT2D eigenvalue weighted by Crippen LogP contribution is 2.31. The summed E-state index contributed by atoms with van der Waals surface area (Å²) in [6, 6.07) is 3.21. The number of nitrogens with zero attached hydrogens (tertiary/aromatic N) is 1. The maximum absolute atomic E-state index is 10.9. The van der Waals surface area contributed by atoms with Crippen molar-refractivity contribution >= 4 is 17.7 Å². The summed E-state index contributed by atoms with van der Waals surface area (Å²) in [5.41, 5.74) is 0.974. The number of nitrogens with one attached hydrogen (secondary N) is 1. The minimum atomic E-state index is -0.795. The average Bonchev–Trinajstić information content (AvgIpc) is 2.39. The van der Waals surface area contributed by atoms with Crippen molar-refractivity contribution < 1.29 is 14.6 Å². The standard InChI is InChI=1S/C11H14N2O3S/c1-16-9-3-2-7(6-12-9)10-13-8(11(14)15)4-5-17-10/h2-3,6,8,10,13H,4-5H2,1H3,(H,14,15). The minimum absolute atomic E-state index is 0.0109. The fourth-order valence-electron chi connectivity index (χ4n) is 1.67. The van der Waals surface area contributed by atoms with Crippen molar-refractivity contribution in [2.45, 2.75) is 17.8 Å². The number of pyridine rings is 1. The predicted molar refractivity (Wildman–Crippen MR) is 65.2 cm³/mol. The molecule has 1 aliphatic rings. The number of carbonyl (C=O) groups is 1. The number of hydrogen-bond donors (Lipinski definition) is 2. The number of hydrogen-bond acceptors (Lipinski definition) is 5. The Kier molecular flexibility index (Phi) is 3.86. The Morgan fingerprint density at radius 3 is 3.06 bits per heavy atom. The van der Waals surface area contributed by atoms with E-state index in [-0.39, 0.29) is 5.37 Å². The lowest BCUT2D eigenvalue weighted by Crippen LogP contribution is -2.41. The molecule has 1 saturated heterocycles. The van der Waals surface area contributed by atoms with Crippen LogP contribution in [0.5, 0.6) is 5.88 Å². The van der Waals surface area contributed by atoms with Gasteiger partial charge in [-0.2, -0.15) is 0 Å². The van der Waals surface area contributed by atoms with Crippen molar-refractivity contribution in [1.29, 1.82) is 0 Å². The molecule has 0 bridgehead atoms. The Bertz CT molecular complexity index is 396. The van der Waals surface area contributed by atoms with Crippen molar-refractivity contribution in [2.75, 3.05) is 12.9 Å². The normalized spacial score (nSPS) is 24.3.